The van der Waals surface area contributed by atoms with Gasteiger partial charge in [-0.2, -0.15) is 0 Å². The Bertz CT molecular complexity index is 783. The molecule has 1 saturated heterocycles. The summed E-state index contributed by atoms with van der Waals surface area (Å²) in [5.74, 6) is -0.170. The van der Waals surface area contributed by atoms with E-state index in [2.05, 4.69) is 5.32 Å². The molecule has 7 nitrogen and oxygen atoms in total. The minimum absolute atomic E-state index is 0. The van der Waals surface area contributed by atoms with E-state index >= 15 is 0 Å². The molecule has 0 unspecified atom stereocenters. The number of carbonyl (C=O) groups excluding carboxylic acids is 1. The number of fused-ring (bicyclic) bond motifs is 1. The maximum atomic E-state index is 12.2. The predicted molar refractivity (Wildman–Crippen MR) is 91.0 cm³/mol. The number of nitrogens with two attached hydrogens (primary N) is 1. The topological polar surface area (TPSA) is 91.3 Å². The molecular formula is C15H21ClN4O3. The van der Waals surface area contributed by atoms with E-state index < -0.39 is 6.10 Å². The van der Waals surface area contributed by atoms with Crippen LogP contribution >= 0.6 is 12.4 Å². The van der Waals surface area contributed by atoms with Gasteiger partial charge in [0.05, 0.1) is 17.1 Å². The Balaban J connectivity index is 0.00000192. The van der Waals surface area contributed by atoms with Crippen molar-refractivity contribution in [3.05, 3.63) is 28.7 Å². The first-order valence-electron chi connectivity index (χ1n) is 7.33. The van der Waals surface area contributed by atoms with Crippen molar-refractivity contribution in [3.63, 3.8) is 0 Å². The molecule has 1 amide bonds. The smallest absolute Gasteiger partial charge is 0.328 e. The molecule has 3 N–H and O–H groups in total. The summed E-state index contributed by atoms with van der Waals surface area (Å²) < 4.78 is 8.72. The Morgan fingerprint density at radius 2 is 2.00 bits per heavy atom. The number of amides is 1. The minimum atomic E-state index is -0.455. The summed E-state index contributed by atoms with van der Waals surface area (Å²) >= 11 is 0. The average Bonchev–Trinajstić information content (AvgIpc) is 3.08. The van der Waals surface area contributed by atoms with Gasteiger partial charge in [-0.15, -0.1) is 12.4 Å². The average molecular weight is 341 g/mol. The van der Waals surface area contributed by atoms with Gasteiger partial charge in [-0.25, -0.2) is 4.79 Å². The van der Waals surface area contributed by atoms with Crippen LogP contribution in [0.25, 0.3) is 11.0 Å². The lowest BCUT2D eigenvalue weighted by atomic mass is 10.2. The minimum Gasteiger partial charge on any atom is -0.364 e. The SMILES string of the molecule is Cl.Cn1c(=O)n(C)c2cc(NC(=O)[C@@H]3CC[C@H](CN)O3)ccc21. The largest absolute Gasteiger partial charge is 0.364 e. The second-order valence-electron chi connectivity index (χ2n) is 5.65. The predicted octanol–water partition coefficient (Wildman–Crippen LogP) is 0.744. The first kappa shape index (κ1) is 17.5. The molecule has 1 aromatic heterocycles. The zero-order chi connectivity index (χ0) is 15.9. The molecule has 0 radical (unpaired) electrons. The first-order chi connectivity index (χ1) is 10.5. The van der Waals surface area contributed by atoms with Crippen LogP contribution < -0.4 is 16.7 Å². The van der Waals surface area contributed by atoms with Gasteiger partial charge < -0.3 is 15.8 Å². The van der Waals surface area contributed by atoms with Gasteiger partial charge in [0.15, 0.2) is 0 Å². The Hall–Kier alpha value is -1.83. The van der Waals surface area contributed by atoms with Crippen molar-refractivity contribution in [2.24, 2.45) is 19.8 Å². The van der Waals surface area contributed by atoms with Crippen LogP contribution in [0.2, 0.25) is 0 Å². The number of aromatic nitrogens is 2. The molecule has 1 aliphatic heterocycles. The third-order valence-electron chi connectivity index (χ3n) is 4.20. The van der Waals surface area contributed by atoms with E-state index in [1.54, 1.807) is 35.4 Å². The molecule has 0 saturated carbocycles. The van der Waals surface area contributed by atoms with Crippen molar-refractivity contribution in [2.75, 3.05) is 11.9 Å². The van der Waals surface area contributed by atoms with Gasteiger partial charge in [0, 0.05) is 26.3 Å². The number of imidazole rings is 1. The van der Waals surface area contributed by atoms with Crippen molar-refractivity contribution in [1.82, 2.24) is 9.13 Å². The fourth-order valence-corrected chi connectivity index (χ4v) is 2.88. The monoisotopic (exact) mass is 340 g/mol. The Labute approximate surface area is 139 Å². The zero-order valence-electron chi connectivity index (χ0n) is 13.1. The number of nitrogens with zero attached hydrogens (tertiary/aromatic N) is 2. The van der Waals surface area contributed by atoms with Gasteiger partial charge >= 0.3 is 5.69 Å². The molecule has 2 heterocycles. The van der Waals surface area contributed by atoms with E-state index in [9.17, 15) is 9.59 Å². The molecule has 8 heteroatoms. The summed E-state index contributed by atoms with van der Waals surface area (Å²) in [6.07, 6.45) is 0.998. The normalized spacial score (nSPS) is 20.5. The van der Waals surface area contributed by atoms with Gasteiger partial charge in [-0.3, -0.25) is 13.9 Å². The van der Waals surface area contributed by atoms with Crippen molar-refractivity contribution >= 4 is 35.0 Å². The standard InChI is InChI=1S/C15H20N4O3.ClH/c1-18-11-5-3-9(7-12(11)19(2)15(18)21)17-14(20)13-6-4-10(8-16)22-13;/h3,5,7,10,13H,4,6,8,16H2,1-2H3,(H,17,20);1H/t10-,13+;/m1./s1. The van der Waals surface area contributed by atoms with Crippen molar-refractivity contribution in [3.8, 4) is 0 Å². The van der Waals surface area contributed by atoms with Gasteiger partial charge in [0.1, 0.15) is 6.10 Å². The lowest BCUT2D eigenvalue weighted by Gasteiger charge is -2.13. The summed E-state index contributed by atoms with van der Waals surface area (Å²) in [7, 11) is 3.43. The second kappa shape index (κ2) is 6.74. The number of carbonyl (C=O) groups is 1. The third-order valence-corrected chi connectivity index (χ3v) is 4.20. The van der Waals surface area contributed by atoms with E-state index in [0.717, 1.165) is 17.5 Å². The maximum Gasteiger partial charge on any atom is 0.328 e. The van der Waals surface area contributed by atoms with Crippen LogP contribution in [0.1, 0.15) is 12.8 Å². The molecule has 23 heavy (non-hydrogen) atoms. The molecule has 3 rings (SSSR count). The molecular weight excluding hydrogens is 320 g/mol. The number of anilines is 1. The lowest BCUT2D eigenvalue weighted by molar-refractivity contribution is -0.126. The zero-order valence-corrected chi connectivity index (χ0v) is 13.9. The molecule has 0 spiro atoms. The fraction of sp³-hybridized carbons (Fsp3) is 0.467. The van der Waals surface area contributed by atoms with Crippen LogP contribution in [-0.4, -0.2) is 33.8 Å². The third kappa shape index (κ3) is 3.12. The van der Waals surface area contributed by atoms with Crippen molar-refractivity contribution in [2.45, 2.75) is 25.0 Å². The molecule has 2 aromatic rings. The van der Waals surface area contributed by atoms with Crippen LogP contribution in [0.3, 0.4) is 0 Å². The van der Waals surface area contributed by atoms with E-state index in [0.29, 0.717) is 18.7 Å². The Kier molecular flexibility index (Phi) is 5.13. The summed E-state index contributed by atoms with van der Waals surface area (Å²) in [4.78, 5) is 24.1. The molecule has 2 atom stereocenters. The second-order valence-corrected chi connectivity index (χ2v) is 5.65. The van der Waals surface area contributed by atoms with Crippen LogP contribution in [0, 0.1) is 0 Å². The highest BCUT2D eigenvalue weighted by Crippen LogP contribution is 2.22. The Morgan fingerprint density at radius 1 is 1.30 bits per heavy atom. The number of hydrogen-bond donors (Lipinski definition) is 2. The molecule has 126 valence electrons. The number of halogens is 1. The summed E-state index contributed by atoms with van der Waals surface area (Å²) in [6.45, 7) is 0.432. The summed E-state index contributed by atoms with van der Waals surface area (Å²) in [5, 5.41) is 2.85. The number of rotatable bonds is 3. The molecule has 0 aliphatic carbocycles. The molecule has 1 aromatic carbocycles. The van der Waals surface area contributed by atoms with Crippen LogP contribution in [-0.2, 0) is 23.6 Å². The van der Waals surface area contributed by atoms with Gasteiger partial charge in [-0.05, 0) is 31.0 Å². The Morgan fingerprint density at radius 3 is 2.65 bits per heavy atom. The summed E-state index contributed by atoms with van der Waals surface area (Å²) in [5.41, 5.74) is 7.71. The fourth-order valence-electron chi connectivity index (χ4n) is 2.88. The highest BCUT2D eigenvalue weighted by Gasteiger charge is 2.29. The number of aryl methyl sites for hydroxylation is 2. The van der Waals surface area contributed by atoms with E-state index in [4.69, 9.17) is 10.5 Å². The van der Waals surface area contributed by atoms with Gasteiger partial charge in [0.2, 0.25) is 0 Å². The molecule has 1 aliphatic rings. The van der Waals surface area contributed by atoms with Crippen molar-refractivity contribution < 1.29 is 9.53 Å². The van der Waals surface area contributed by atoms with E-state index in [-0.39, 0.29) is 30.1 Å². The lowest BCUT2D eigenvalue weighted by Crippen LogP contribution is -2.29. The number of benzene rings is 1. The maximum absolute atomic E-state index is 12.2. The van der Waals surface area contributed by atoms with E-state index in [1.165, 1.54) is 0 Å². The number of nitrogens with one attached hydrogen (secondary N) is 1. The quantitative estimate of drug-likeness (QED) is 0.862. The highest BCUT2D eigenvalue weighted by atomic mass is 35.5. The van der Waals surface area contributed by atoms with Gasteiger partial charge in [-0.1, -0.05) is 0 Å². The first-order valence-corrected chi connectivity index (χ1v) is 7.33. The van der Waals surface area contributed by atoms with Crippen molar-refractivity contribution in [1.29, 1.82) is 0 Å². The number of hydrogen-bond acceptors (Lipinski definition) is 4. The highest BCUT2D eigenvalue weighted by molar-refractivity contribution is 5.96. The summed E-state index contributed by atoms with van der Waals surface area (Å²) in [6, 6.07) is 5.41. The number of ether oxygens (including phenoxy) is 1. The van der Waals surface area contributed by atoms with Crippen LogP contribution in [0.15, 0.2) is 23.0 Å². The molecule has 1 fully saturated rings. The van der Waals surface area contributed by atoms with Gasteiger partial charge in [0.25, 0.3) is 5.91 Å². The van der Waals surface area contributed by atoms with E-state index in [1.807, 2.05) is 6.07 Å². The van der Waals surface area contributed by atoms with Crippen LogP contribution in [0.5, 0.6) is 0 Å². The van der Waals surface area contributed by atoms with Crippen LogP contribution in [0.4, 0.5) is 5.69 Å². The molecule has 0 bridgehead atoms.